The maximum atomic E-state index is 6.60. The Bertz CT molecular complexity index is 3270. The maximum Gasteiger partial charge on any atom is 0.159 e. The molecule has 3 heterocycles. The normalized spacial score (nSPS) is 13.4. The number of allylic oxidation sites excluding steroid dienone is 2. The van der Waals surface area contributed by atoms with E-state index in [1.807, 2.05) is 12.1 Å². The molecule has 12 rings (SSSR count). The number of anilines is 3. The molecule has 58 heavy (non-hydrogen) atoms. The van der Waals surface area contributed by atoms with E-state index >= 15 is 0 Å². The van der Waals surface area contributed by atoms with E-state index in [0.29, 0.717) is 0 Å². The summed E-state index contributed by atoms with van der Waals surface area (Å²) < 4.78 is 15.4. The van der Waals surface area contributed by atoms with Gasteiger partial charge in [0.1, 0.15) is 16.9 Å². The second kappa shape index (κ2) is 13.1. The van der Waals surface area contributed by atoms with Crippen molar-refractivity contribution in [1.29, 1.82) is 0 Å². The smallest absolute Gasteiger partial charge is 0.159 e. The summed E-state index contributed by atoms with van der Waals surface area (Å²) in [6.07, 6.45) is 13.1. The molecule has 0 aliphatic heterocycles. The van der Waals surface area contributed by atoms with E-state index in [0.717, 1.165) is 81.7 Å². The van der Waals surface area contributed by atoms with Crippen LogP contribution in [0, 0.1) is 0 Å². The standard InChI is InChI=1S/C54H38N2O2/c1-2-11-35(12-3-1)36-21-26-39(27-22-36)55(41-30-31-45-43-14-5-8-19-51(43)57-53(45)34-41)40-28-23-37(24-29-40)38-25-32-49-47(33-38)42-13-4-7-17-48(42)56(49)50-18-10-16-46-44-15-6-9-20-52(44)58-54(46)50/h1-5,8-14,16,18-34H,6-7,15,17H2. The van der Waals surface area contributed by atoms with Crippen LogP contribution in [-0.4, -0.2) is 4.57 Å². The molecule has 7 aromatic carbocycles. The van der Waals surface area contributed by atoms with E-state index in [1.54, 1.807) is 0 Å². The second-order valence-electron chi connectivity index (χ2n) is 15.5. The number of rotatable bonds is 6. The number of para-hydroxylation sites is 2. The molecule has 4 heteroatoms. The highest BCUT2D eigenvalue weighted by Crippen LogP contribution is 2.43. The first-order valence-electron chi connectivity index (χ1n) is 20.3. The lowest BCUT2D eigenvalue weighted by molar-refractivity contribution is 0.593. The van der Waals surface area contributed by atoms with Gasteiger partial charge in [0.25, 0.3) is 0 Å². The molecule has 0 amide bonds. The van der Waals surface area contributed by atoms with Gasteiger partial charge < -0.3 is 18.3 Å². The summed E-state index contributed by atoms with van der Waals surface area (Å²) in [7, 11) is 0. The fraction of sp³-hybridized carbons (Fsp3) is 0.0741. The lowest BCUT2D eigenvalue weighted by atomic mass is 9.98. The van der Waals surface area contributed by atoms with E-state index in [-0.39, 0.29) is 0 Å². The summed E-state index contributed by atoms with van der Waals surface area (Å²) in [4.78, 5) is 2.32. The van der Waals surface area contributed by atoms with Crippen molar-refractivity contribution in [2.24, 2.45) is 0 Å². The molecule has 0 unspecified atom stereocenters. The minimum atomic E-state index is 0.874. The van der Waals surface area contributed by atoms with E-state index < -0.39 is 0 Å². The van der Waals surface area contributed by atoms with Gasteiger partial charge in [-0.2, -0.15) is 0 Å². The van der Waals surface area contributed by atoms with E-state index in [9.17, 15) is 0 Å². The Morgan fingerprint density at radius 2 is 1.14 bits per heavy atom. The number of furan rings is 2. The zero-order valence-corrected chi connectivity index (χ0v) is 31.9. The van der Waals surface area contributed by atoms with Gasteiger partial charge >= 0.3 is 0 Å². The van der Waals surface area contributed by atoms with Crippen molar-refractivity contribution in [2.45, 2.75) is 25.7 Å². The molecular weight excluding hydrogens is 709 g/mol. The molecule has 4 nitrogen and oxygen atoms in total. The Morgan fingerprint density at radius 1 is 0.466 bits per heavy atom. The van der Waals surface area contributed by atoms with Crippen LogP contribution < -0.4 is 4.90 Å². The lowest BCUT2D eigenvalue weighted by Gasteiger charge is -2.26. The molecule has 0 saturated heterocycles. The lowest BCUT2D eigenvalue weighted by Crippen LogP contribution is -2.09. The Morgan fingerprint density at radius 3 is 1.98 bits per heavy atom. The van der Waals surface area contributed by atoms with Crippen LogP contribution in [-0.2, 0) is 12.8 Å². The zero-order chi connectivity index (χ0) is 38.2. The molecule has 0 spiro atoms. The van der Waals surface area contributed by atoms with Gasteiger partial charge in [-0.05, 0) is 115 Å². The zero-order valence-electron chi connectivity index (χ0n) is 31.9. The minimum Gasteiger partial charge on any atom is -0.456 e. The topological polar surface area (TPSA) is 34.5 Å². The summed E-state index contributed by atoms with van der Waals surface area (Å²) in [5.74, 6) is 1.00. The third-order valence-corrected chi connectivity index (χ3v) is 12.2. The fourth-order valence-electron chi connectivity index (χ4n) is 9.37. The number of aryl methyl sites for hydroxylation is 1. The summed E-state index contributed by atoms with van der Waals surface area (Å²) in [5, 5.41) is 4.74. The van der Waals surface area contributed by atoms with Gasteiger partial charge in [-0.25, -0.2) is 0 Å². The van der Waals surface area contributed by atoms with Crippen LogP contribution in [0.15, 0.2) is 179 Å². The highest BCUT2D eigenvalue weighted by atomic mass is 16.3. The molecule has 0 bridgehead atoms. The molecule has 0 fully saturated rings. The molecule has 2 aliphatic carbocycles. The van der Waals surface area contributed by atoms with Crippen LogP contribution in [0.5, 0.6) is 0 Å². The molecule has 276 valence electrons. The van der Waals surface area contributed by atoms with Gasteiger partial charge in [0.05, 0.1) is 11.2 Å². The molecule has 10 aromatic rings. The molecule has 0 saturated carbocycles. The van der Waals surface area contributed by atoms with Gasteiger partial charge in [-0.3, -0.25) is 0 Å². The largest absolute Gasteiger partial charge is 0.456 e. The summed E-state index contributed by atoms with van der Waals surface area (Å²) in [6, 6.07) is 56.7. The Kier molecular flexibility index (Phi) is 7.45. The molecule has 3 aromatic heterocycles. The first-order valence-corrected chi connectivity index (χ1v) is 20.3. The monoisotopic (exact) mass is 746 g/mol. The summed E-state index contributed by atoms with van der Waals surface area (Å²) >= 11 is 0. The van der Waals surface area contributed by atoms with Gasteiger partial charge in [0.2, 0.25) is 0 Å². The van der Waals surface area contributed by atoms with Crippen LogP contribution in [0.4, 0.5) is 17.1 Å². The van der Waals surface area contributed by atoms with Gasteiger partial charge in [0.15, 0.2) is 5.58 Å². The predicted octanol–water partition coefficient (Wildman–Crippen LogP) is 15.0. The SMILES string of the molecule is C1=Cc2oc3c(-n4c5c(c6cc(-c7ccc(N(c8ccc(-c9ccccc9)cc8)c8ccc9c(c8)oc8ccccc89)cc7)ccc64)C=CCC5)cccc3c2CC1. The van der Waals surface area contributed by atoms with Crippen molar-refractivity contribution in [2.75, 3.05) is 4.90 Å². The van der Waals surface area contributed by atoms with Crippen molar-refractivity contribution in [3.63, 3.8) is 0 Å². The predicted molar refractivity (Wildman–Crippen MR) is 241 cm³/mol. The average Bonchev–Trinajstić information content (AvgIpc) is 3.96. The van der Waals surface area contributed by atoms with E-state index in [2.05, 4.69) is 179 Å². The summed E-state index contributed by atoms with van der Waals surface area (Å²) in [6.45, 7) is 0. The number of aromatic nitrogens is 1. The van der Waals surface area contributed by atoms with Crippen molar-refractivity contribution in [1.82, 2.24) is 4.57 Å². The van der Waals surface area contributed by atoms with Crippen LogP contribution in [0.2, 0.25) is 0 Å². The Hall–Kier alpha value is -7.30. The highest BCUT2D eigenvalue weighted by molar-refractivity contribution is 6.06. The van der Waals surface area contributed by atoms with Crippen molar-refractivity contribution in [3.05, 3.63) is 192 Å². The van der Waals surface area contributed by atoms with Crippen molar-refractivity contribution in [3.8, 4) is 27.9 Å². The van der Waals surface area contributed by atoms with Crippen LogP contribution in [0.1, 0.15) is 35.4 Å². The molecular formula is C54H38N2O2. The Balaban J connectivity index is 0.951. The van der Waals surface area contributed by atoms with Crippen molar-refractivity contribution < 1.29 is 8.83 Å². The van der Waals surface area contributed by atoms with E-state index in [4.69, 9.17) is 8.83 Å². The summed E-state index contributed by atoms with van der Waals surface area (Å²) in [5.41, 5.74) is 17.0. The van der Waals surface area contributed by atoms with E-state index in [1.165, 1.54) is 55.4 Å². The second-order valence-corrected chi connectivity index (χ2v) is 15.5. The quantitative estimate of drug-likeness (QED) is 0.170. The first-order chi connectivity index (χ1) is 28.7. The maximum absolute atomic E-state index is 6.60. The van der Waals surface area contributed by atoms with Crippen LogP contribution in [0.25, 0.3) is 83.9 Å². The van der Waals surface area contributed by atoms with Gasteiger partial charge in [0, 0.05) is 61.5 Å². The van der Waals surface area contributed by atoms with Gasteiger partial charge in [-0.15, -0.1) is 0 Å². The first kappa shape index (κ1) is 32.9. The average molecular weight is 747 g/mol. The molecule has 2 aliphatic rings. The third kappa shape index (κ3) is 5.22. The van der Waals surface area contributed by atoms with Gasteiger partial charge in [-0.1, -0.05) is 109 Å². The van der Waals surface area contributed by atoms with Crippen LogP contribution in [0.3, 0.4) is 0 Å². The molecule has 0 atom stereocenters. The third-order valence-electron chi connectivity index (χ3n) is 12.2. The molecule has 0 radical (unpaired) electrons. The van der Waals surface area contributed by atoms with Crippen molar-refractivity contribution >= 4 is 73.0 Å². The molecule has 0 N–H and O–H groups in total. The fourth-order valence-corrected chi connectivity index (χ4v) is 9.37. The number of fused-ring (bicyclic) bond motifs is 9. The Labute approximate surface area is 336 Å². The number of nitrogens with zero attached hydrogens (tertiary/aromatic N) is 2. The highest BCUT2D eigenvalue weighted by Gasteiger charge is 2.24. The van der Waals surface area contributed by atoms with Crippen LogP contribution >= 0.6 is 0 Å². The minimum absolute atomic E-state index is 0.874. The number of benzene rings is 7. The number of hydrogen-bond acceptors (Lipinski definition) is 3. The number of hydrogen-bond donors (Lipinski definition) is 0.